The van der Waals surface area contributed by atoms with Gasteiger partial charge in [-0.2, -0.15) is 0 Å². The molecule has 0 aromatic heterocycles. The average Bonchev–Trinajstić information content (AvgIpc) is 2.75. The molecular weight excluding hydrogens is 198 g/mol. The highest BCUT2D eigenvalue weighted by molar-refractivity contribution is 5.35. The van der Waals surface area contributed by atoms with Crippen LogP contribution in [0.1, 0.15) is 18.9 Å². The van der Waals surface area contributed by atoms with Gasteiger partial charge < -0.3 is 4.74 Å². The Balaban J connectivity index is 1.73. The zero-order valence-electron chi connectivity index (χ0n) is 9.86. The van der Waals surface area contributed by atoms with Gasteiger partial charge in [-0.1, -0.05) is 25.1 Å². The summed E-state index contributed by atoms with van der Waals surface area (Å²) in [6, 6.07) is 9.04. The molecule has 0 amide bonds. The Hall–Kier alpha value is -1.02. The number of benzene rings is 1. The molecule has 1 fully saturated rings. The Bertz CT molecular complexity index is 377. The zero-order chi connectivity index (χ0) is 11.0. The van der Waals surface area contributed by atoms with E-state index in [0.717, 1.165) is 24.7 Å². The summed E-state index contributed by atoms with van der Waals surface area (Å²) in [4.78, 5) is 2.60. The third-order valence-electron chi connectivity index (χ3n) is 3.83. The summed E-state index contributed by atoms with van der Waals surface area (Å²) < 4.78 is 5.84. The smallest absolute Gasteiger partial charge is 0.122 e. The quantitative estimate of drug-likeness (QED) is 0.716. The van der Waals surface area contributed by atoms with Gasteiger partial charge in [-0.15, -0.1) is 0 Å². The van der Waals surface area contributed by atoms with Gasteiger partial charge in [0.1, 0.15) is 12.4 Å². The summed E-state index contributed by atoms with van der Waals surface area (Å²) in [6.07, 6.45) is 2.50. The molecule has 0 radical (unpaired) electrons. The molecule has 2 nitrogen and oxygen atoms in total. The number of rotatable bonds is 1. The van der Waals surface area contributed by atoms with Crippen molar-refractivity contribution in [1.82, 2.24) is 4.90 Å². The molecule has 1 saturated heterocycles. The predicted molar refractivity (Wildman–Crippen MR) is 64.8 cm³/mol. The van der Waals surface area contributed by atoms with Crippen molar-refractivity contribution in [3.8, 4) is 5.75 Å². The van der Waals surface area contributed by atoms with Crippen molar-refractivity contribution in [2.24, 2.45) is 5.92 Å². The van der Waals surface area contributed by atoms with E-state index in [0.29, 0.717) is 6.04 Å². The molecule has 2 unspecified atom stereocenters. The van der Waals surface area contributed by atoms with Crippen LogP contribution in [0.2, 0.25) is 0 Å². The van der Waals surface area contributed by atoms with Crippen LogP contribution < -0.4 is 4.74 Å². The van der Waals surface area contributed by atoms with E-state index in [2.05, 4.69) is 36.1 Å². The zero-order valence-corrected chi connectivity index (χ0v) is 9.86. The summed E-state index contributed by atoms with van der Waals surface area (Å²) in [7, 11) is 0. The van der Waals surface area contributed by atoms with Crippen LogP contribution in [0, 0.1) is 5.92 Å². The van der Waals surface area contributed by atoms with E-state index in [1.54, 1.807) is 0 Å². The van der Waals surface area contributed by atoms with Gasteiger partial charge in [0.15, 0.2) is 0 Å². The Morgan fingerprint density at radius 3 is 3.00 bits per heavy atom. The Morgan fingerprint density at radius 1 is 1.31 bits per heavy atom. The number of hydrogen-bond donors (Lipinski definition) is 0. The van der Waals surface area contributed by atoms with Crippen LogP contribution in [0.25, 0.3) is 0 Å². The van der Waals surface area contributed by atoms with Crippen LogP contribution in [0.15, 0.2) is 24.3 Å². The molecule has 0 spiro atoms. The number of nitrogens with zero attached hydrogens (tertiary/aromatic N) is 1. The van der Waals surface area contributed by atoms with E-state index in [1.807, 2.05) is 0 Å². The van der Waals surface area contributed by atoms with Gasteiger partial charge >= 0.3 is 0 Å². The van der Waals surface area contributed by atoms with Crippen LogP contribution >= 0.6 is 0 Å². The summed E-state index contributed by atoms with van der Waals surface area (Å²) in [6.45, 7) is 5.70. The number of fused-ring (bicyclic) bond motifs is 1. The third kappa shape index (κ3) is 1.82. The molecule has 3 rings (SSSR count). The number of likely N-dealkylation sites (tertiary alicyclic amines) is 1. The summed E-state index contributed by atoms with van der Waals surface area (Å²) >= 11 is 0. The molecule has 0 saturated carbocycles. The largest absolute Gasteiger partial charge is 0.492 e. The van der Waals surface area contributed by atoms with Crippen molar-refractivity contribution < 1.29 is 4.74 Å². The van der Waals surface area contributed by atoms with Gasteiger partial charge in [-0.05, 0) is 36.9 Å². The highest BCUT2D eigenvalue weighted by Gasteiger charge is 2.29. The van der Waals surface area contributed by atoms with Crippen LogP contribution in [0.3, 0.4) is 0 Å². The van der Waals surface area contributed by atoms with E-state index < -0.39 is 0 Å². The second-order valence-electron chi connectivity index (χ2n) is 5.17. The highest BCUT2D eigenvalue weighted by Crippen LogP contribution is 2.28. The minimum Gasteiger partial charge on any atom is -0.492 e. The van der Waals surface area contributed by atoms with E-state index in [-0.39, 0.29) is 0 Å². The predicted octanol–water partition coefficient (Wildman–Crippen LogP) is 2.33. The van der Waals surface area contributed by atoms with Crippen LogP contribution in [0.5, 0.6) is 5.75 Å². The molecule has 0 aliphatic carbocycles. The lowest BCUT2D eigenvalue weighted by Crippen LogP contribution is -2.41. The van der Waals surface area contributed by atoms with Crippen molar-refractivity contribution >= 4 is 0 Å². The van der Waals surface area contributed by atoms with Gasteiger partial charge in [-0.25, -0.2) is 0 Å². The normalized spacial score (nSPS) is 29.8. The first-order chi connectivity index (χ1) is 7.83. The lowest BCUT2D eigenvalue weighted by atomic mass is 10.0. The van der Waals surface area contributed by atoms with Crippen molar-refractivity contribution in [1.29, 1.82) is 0 Å². The first-order valence-electron chi connectivity index (χ1n) is 6.27. The summed E-state index contributed by atoms with van der Waals surface area (Å²) in [5.74, 6) is 1.95. The topological polar surface area (TPSA) is 12.5 Å². The van der Waals surface area contributed by atoms with Crippen molar-refractivity contribution in [3.63, 3.8) is 0 Å². The molecule has 2 heterocycles. The molecule has 1 aromatic carbocycles. The van der Waals surface area contributed by atoms with Crippen molar-refractivity contribution in [2.45, 2.75) is 25.8 Å². The second kappa shape index (κ2) is 4.10. The summed E-state index contributed by atoms with van der Waals surface area (Å²) in [5.41, 5.74) is 1.37. The van der Waals surface area contributed by atoms with Gasteiger partial charge in [0.25, 0.3) is 0 Å². The second-order valence-corrected chi connectivity index (χ2v) is 5.17. The molecule has 0 bridgehead atoms. The minimum absolute atomic E-state index is 0.597. The maximum atomic E-state index is 5.84. The SMILES string of the molecule is CC1CCN(C2COc3ccccc3C2)C1. The molecule has 0 N–H and O–H groups in total. The van der Waals surface area contributed by atoms with E-state index in [4.69, 9.17) is 4.74 Å². The van der Waals surface area contributed by atoms with E-state index in [1.165, 1.54) is 25.1 Å². The van der Waals surface area contributed by atoms with E-state index in [9.17, 15) is 0 Å². The number of hydrogen-bond acceptors (Lipinski definition) is 2. The molecule has 2 aliphatic heterocycles. The molecule has 2 atom stereocenters. The van der Waals surface area contributed by atoms with Gasteiger partial charge in [0.05, 0.1) is 0 Å². The molecule has 2 aliphatic rings. The van der Waals surface area contributed by atoms with Crippen LogP contribution in [0.4, 0.5) is 0 Å². The van der Waals surface area contributed by atoms with E-state index >= 15 is 0 Å². The third-order valence-corrected chi connectivity index (χ3v) is 3.83. The Kier molecular flexibility index (Phi) is 2.60. The van der Waals surface area contributed by atoms with Gasteiger partial charge in [-0.3, -0.25) is 4.90 Å². The lowest BCUT2D eigenvalue weighted by Gasteiger charge is -2.32. The average molecular weight is 217 g/mol. The lowest BCUT2D eigenvalue weighted by molar-refractivity contribution is 0.139. The fourth-order valence-electron chi connectivity index (χ4n) is 2.85. The molecule has 16 heavy (non-hydrogen) atoms. The van der Waals surface area contributed by atoms with Gasteiger partial charge in [0, 0.05) is 12.6 Å². The minimum atomic E-state index is 0.597. The van der Waals surface area contributed by atoms with Crippen LogP contribution in [-0.2, 0) is 6.42 Å². The van der Waals surface area contributed by atoms with Crippen molar-refractivity contribution in [3.05, 3.63) is 29.8 Å². The monoisotopic (exact) mass is 217 g/mol. The summed E-state index contributed by atoms with van der Waals surface area (Å²) in [5, 5.41) is 0. The van der Waals surface area contributed by atoms with Crippen molar-refractivity contribution in [2.75, 3.05) is 19.7 Å². The standard InChI is InChI=1S/C14H19NO/c1-11-6-7-15(9-11)13-8-12-4-2-3-5-14(12)16-10-13/h2-5,11,13H,6-10H2,1H3. The van der Waals surface area contributed by atoms with Gasteiger partial charge in [0.2, 0.25) is 0 Å². The fraction of sp³-hybridized carbons (Fsp3) is 0.571. The maximum Gasteiger partial charge on any atom is 0.122 e. The molecule has 1 aromatic rings. The van der Waals surface area contributed by atoms with Crippen LogP contribution in [-0.4, -0.2) is 30.6 Å². The fourth-order valence-corrected chi connectivity index (χ4v) is 2.85. The Morgan fingerprint density at radius 2 is 2.19 bits per heavy atom. The first-order valence-corrected chi connectivity index (χ1v) is 6.27. The number of para-hydroxylation sites is 1. The molecular formula is C14H19NO. The maximum absolute atomic E-state index is 5.84. The molecule has 86 valence electrons. The Labute approximate surface area is 97.2 Å². The molecule has 2 heteroatoms. The highest BCUT2D eigenvalue weighted by atomic mass is 16.5. The number of ether oxygens (including phenoxy) is 1. The first kappa shape index (κ1) is 10.2.